The number of H-pyrrole nitrogens is 1. The summed E-state index contributed by atoms with van der Waals surface area (Å²) in [6.07, 6.45) is -1.42. The first-order valence-electron chi connectivity index (χ1n) is 9.00. The van der Waals surface area contributed by atoms with E-state index in [4.69, 9.17) is 0 Å². The molecule has 1 saturated heterocycles. The molecule has 7 nitrogen and oxygen atoms in total. The molecule has 10 heteroatoms. The number of imidazole rings is 1. The normalized spacial score (nSPS) is 20.1. The van der Waals surface area contributed by atoms with Gasteiger partial charge in [0, 0.05) is 25.6 Å². The lowest BCUT2D eigenvalue weighted by molar-refractivity contribution is -0.136. The lowest BCUT2D eigenvalue weighted by Crippen LogP contribution is -2.24. The summed E-state index contributed by atoms with van der Waals surface area (Å²) < 4.78 is 39.2. The van der Waals surface area contributed by atoms with Crippen LogP contribution in [-0.4, -0.2) is 60.5 Å². The van der Waals surface area contributed by atoms with Crippen LogP contribution in [0.25, 0.3) is 22.1 Å². The first kappa shape index (κ1) is 18.2. The molecule has 4 rings (SSSR count). The van der Waals surface area contributed by atoms with Crippen molar-refractivity contribution in [1.29, 1.82) is 0 Å². The number of halogens is 3. The molecular formula is C17H21F3N6O. The molecule has 2 N–H and O–H groups in total. The Morgan fingerprint density at radius 3 is 2.93 bits per heavy atom. The maximum Gasteiger partial charge on any atom is 0.389 e. The van der Waals surface area contributed by atoms with E-state index < -0.39 is 18.7 Å². The van der Waals surface area contributed by atoms with Crippen molar-refractivity contribution in [3.05, 3.63) is 18.2 Å². The molecule has 0 saturated carbocycles. The van der Waals surface area contributed by atoms with Crippen molar-refractivity contribution in [2.75, 3.05) is 19.6 Å². The van der Waals surface area contributed by atoms with Crippen LogP contribution < -0.4 is 0 Å². The van der Waals surface area contributed by atoms with Gasteiger partial charge in [-0.15, -0.1) is 0 Å². The van der Waals surface area contributed by atoms with Gasteiger partial charge in [0.25, 0.3) is 0 Å². The lowest BCUT2D eigenvalue weighted by Gasteiger charge is -2.20. The highest BCUT2D eigenvalue weighted by molar-refractivity contribution is 6.00. The van der Waals surface area contributed by atoms with Gasteiger partial charge in [0.1, 0.15) is 17.4 Å². The Morgan fingerprint density at radius 1 is 1.37 bits per heavy atom. The lowest BCUT2D eigenvalue weighted by atomic mass is 10.2. The number of hydrogen-bond acceptors (Lipinski definition) is 5. The van der Waals surface area contributed by atoms with Gasteiger partial charge < -0.3 is 14.6 Å². The predicted octanol–water partition coefficient (Wildman–Crippen LogP) is 2.95. The molecule has 0 aliphatic carbocycles. The van der Waals surface area contributed by atoms with E-state index in [1.54, 1.807) is 19.3 Å². The van der Waals surface area contributed by atoms with Crippen molar-refractivity contribution >= 4 is 22.1 Å². The maximum atomic E-state index is 12.4. The van der Waals surface area contributed by atoms with Gasteiger partial charge >= 0.3 is 6.18 Å². The molecule has 0 bridgehead atoms. The zero-order valence-electron chi connectivity index (χ0n) is 14.9. The summed E-state index contributed by atoms with van der Waals surface area (Å²) in [6.45, 7) is 3.43. The van der Waals surface area contributed by atoms with Crippen molar-refractivity contribution < 1.29 is 18.3 Å². The minimum atomic E-state index is -4.11. The standard InChI is InChI=1S/C17H21F3N6O/c1-10(27)16-23-13-8-21-15-12(7-22-24-15)14(13)26(16)11-3-6-25(9-11)5-2-4-17(18,19)20/h7-8,10-11,27H,2-6,9H2,1H3,(H,21,22,24)/t10-,11+/m1/s1. The zero-order chi connectivity index (χ0) is 19.2. The smallest absolute Gasteiger partial charge is 0.385 e. The second-order valence-corrected chi connectivity index (χ2v) is 7.10. The number of rotatable bonds is 5. The quantitative estimate of drug-likeness (QED) is 0.709. The van der Waals surface area contributed by atoms with Crippen molar-refractivity contribution in [3.63, 3.8) is 0 Å². The van der Waals surface area contributed by atoms with Gasteiger partial charge in [-0.2, -0.15) is 18.3 Å². The molecule has 4 heterocycles. The minimum Gasteiger partial charge on any atom is -0.385 e. The Labute approximate surface area is 153 Å². The molecule has 2 atom stereocenters. The first-order valence-corrected chi connectivity index (χ1v) is 9.00. The Hall–Kier alpha value is -2.20. The molecular weight excluding hydrogens is 361 g/mol. The highest BCUT2D eigenvalue weighted by atomic mass is 19.4. The molecule has 0 amide bonds. The third-order valence-electron chi connectivity index (χ3n) is 5.08. The van der Waals surface area contributed by atoms with Gasteiger partial charge in [-0.25, -0.2) is 9.97 Å². The fourth-order valence-electron chi connectivity index (χ4n) is 3.90. The molecule has 27 heavy (non-hydrogen) atoms. The van der Waals surface area contributed by atoms with E-state index in [0.717, 1.165) is 23.9 Å². The van der Waals surface area contributed by atoms with Crippen LogP contribution in [0, 0.1) is 0 Å². The van der Waals surface area contributed by atoms with Crippen LogP contribution in [0.2, 0.25) is 0 Å². The molecule has 3 aromatic rings. The van der Waals surface area contributed by atoms with Crippen molar-refractivity contribution in [1.82, 2.24) is 29.6 Å². The summed E-state index contributed by atoms with van der Waals surface area (Å²) in [5.41, 5.74) is 2.17. The molecule has 0 spiro atoms. The maximum absolute atomic E-state index is 12.4. The van der Waals surface area contributed by atoms with E-state index in [1.165, 1.54) is 0 Å². The Morgan fingerprint density at radius 2 is 2.19 bits per heavy atom. The number of pyridine rings is 1. The number of alkyl halides is 3. The molecule has 146 valence electrons. The summed E-state index contributed by atoms with van der Waals surface area (Å²) >= 11 is 0. The summed E-state index contributed by atoms with van der Waals surface area (Å²) in [4.78, 5) is 10.9. The number of hydrogen-bond donors (Lipinski definition) is 2. The second kappa shape index (κ2) is 6.75. The molecule has 1 aliphatic rings. The molecule has 0 aromatic carbocycles. The fourth-order valence-corrected chi connectivity index (χ4v) is 3.90. The van der Waals surface area contributed by atoms with E-state index in [0.29, 0.717) is 30.1 Å². The number of aromatic amines is 1. The SMILES string of the molecule is C[C@@H](O)c1nc2cnc3[nH]ncc3c2n1[C@H]1CCN(CCCC(F)(F)F)C1. The van der Waals surface area contributed by atoms with Crippen LogP contribution in [0.1, 0.15) is 44.2 Å². The predicted molar refractivity (Wildman–Crippen MR) is 93.2 cm³/mol. The van der Waals surface area contributed by atoms with Gasteiger partial charge in [0.05, 0.1) is 23.3 Å². The number of aliphatic hydroxyl groups is 1. The van der Waals surface area contributed by atoms with E-state index in [2.05, 4.69) is 20.2 Å². The Kier molecular flexibility index (Phi) is 4.55. The molecule has 3 aromatic heterocycles. The highest BCUT2D eigenvalue weighted by Crippen LogP contribution is 2.33. The molecule has 0 unspecified atom stereocenters. The zero-order valence-corrected chi connectivity index (χ0v) is 14.9. The highest BCUT2D eigenvalue weighted by Gasteiger charge is 2.31. The Balaban J connectivity index is 1.63. The summed E-state index contributed by atoms with van der Waals surface area (Å²) in [6, 6.07) is 0.0333. The van der Waals surface area contributed by atoms with E-state index >= 15 is 0 Å². The number of aromatic nitrogens is 5. The van der Waals surface area contributed by atoms with E-state index in [9.17, 15) is 18.3 Å². The average molecular weight is 382 g/mol. The van der Waals surface area contributed by atoms with Crippen LogP contribution in [0.3, 0.4) is 0 Å². The van der Waals surface area contributed by atoms with Crippen LogP contribution in [-0.2, 0) is 0 Å². The number of likely N-dealkylation sites (tertiary alicyclic amines) is 1. The van der Waals surface area contributed by atoms with Gasteiger partial charge in [0.2, 0.25) is 0 Å². The van der Waals surface area contributed by atoms with Crippen LogP contribution in [0.15, 0.2) is 12.4 Å². The number of aliphatic hydroxyl groups excluding tert-OH is 1. The van der Waals surface area contributed by atoms with Crippen LogP contribution in [0.5, 0.6) is 0 Å². The summed E-state index contributed by atoms with van der Waals surface area (Å²) in [5.74, 6) is 0.544. The minimum absolute atomic E-state index is 0.0333. The van der Waals surface area contributed by atoms with Gasteiger partial charge in [-0.05, 0) is 26.3 Å². The third kappa shape index (κ3) is 3.51. The van der Waals surface area contributed by atoms with Crippen LogP contribution in [0.4, 0.5) is 13.2 Å². The first-order chi connectivity index (χ1) is 12.8. The van der Waals surface area contributed by atoms with E-state index in [-0.39, 0.29) is 12.5 Å². The van der Waals surface area contributed by atoms with Gasteiger partial charge in [0.15, 0.2) is 5.65 Å². The van der Waals surface area contributed by atoms with Gasteiger partial charge in [-0.1, -0.05) is 0 Å². The van der Waals surface area contributed by atoms with E-state index in [1.807, 2.05) is 9.47 Å². The number of nitrogens with zero attached hydrogens (tertiary/aromatic N) is 5. The summed E-state index contributed by atoms with van der Waals surface area (Å²) in [5, 5.41) is 17.9. The third-order valence-corrected chi connectivity index (χ3v) is 5.08. The van der Waals surface area contributed by atoms with Crippen LogP contribution >= 0.6 is 0 Å². The van der Waals surface area contributed by atoms with Crippen molar-refractivity contribution in [2.24, 2.45) is 0 Å². The fraction of sp³-hybridized carbons (Fsp3) is 0.588. The Bertz CT molecular complexity index is 947. The topological polar surface area (TPSA) is 82.9 Å². The number of fused-ring (bicyclic) bond motifs is 3. The molecule has 0 radical (unpaired) electrons. The van der Waals surface area contributed by atoms with Gasteiger partial charge in [-0.3, -0.25) is 5.10 Å². The van der Waals surface area contributed by atoms with Crippen molar-refractivity contribution in [2.45, 2.75) is 44.5 Å². The molecule has 1 fully saturated rings. The average Bonchev–Trinajstić information content (AvgIpc) is 3.29. The largest absolute Gasteiger partial charge is 0.389 e. The second-order valence-electron chi connectivity index (χ2n) is 7.10. The summed E-state index contributed by atoms with van der Waals surface area (Å²) in [7, 11) is 0. The monoisotopic (exact) mass is 382 g/mol. The van der Waals surface area contributed by atoms with Crippen molar-refractivity contribution in [3.8, 4) is 0 Å². The number of nitrogens with one attached hydrogen (secondary N) is 1. The molecule has 1 aliphatic heterocycles.